The summed E-state index contributed by atoms with van der Waals surface area (Å²) < 4.78 is 15.7. The Hall–Kier alpha value is -2.28. The molecule has 0 aromatic heterocycles. The molecule has 1 aromatic rings. The van der Waals surface area contributed by atoms with Crippen LogP contribution in [0.5, 0.6) is 11.5 Å². The zero-order valence-corrected chi connectivity index (χ0v) is 15.9. The molecule has 7 nitrogen and oxygen atoms in total. The fraction of sp³-hybridized carbons (Fsp3) is 0.579. The van der Waals surface area contributed by atoms with Crippen molar-refractivity contribution in [3.63, 3.8) is 0 Å². The van der Waals surface area contributed by atoms with E-state index in [1.165, 1.54) is 14.2 Å². The summed E-state index contributed by atoms with van der Waals surface area (Å²) in [5, 5.41) is 2.88. The van der Waals surface area contributed by atoms with E-state index in [0.29, 0.717) is 49.8 Å². The molecule has 0 spiro atoms. The van der Waals surface area contributed by atoms with Crippen LogP contribution in [0.2, 0.25) is 0 Å². The monoisotopic (exact) mass is 364 g/mol. The van der Waals surface area contributed by atoms with Gasteiger partial charge in [0.25, 0.3) is 5.91 Å². The van der Waals surface area contributed by atoms with Crippen molar-refractivity contribution >= 4 is 11.8 Å². The fourth-order valence-electron chi connectivity index (χ4n) is 2.92. The second-order valence-electron chi connectivity index (χ2n) is 6.66. The molecule has 1 N–H and O–H groups in total. The van der Waals surface area contributed by atoms with Crippen molar-refractivity contribution in [1.29, 1.82) is 0 Å². The topological polar surface area (TPSA) is 77.1 Å². The van der Waals surface area contributed by atoms with Gasteiger partial charge in [-0.2, -0.15) is 0 Å². The van der Waals surface area contributed by atoms with Crippen LogP contribution in [0.3, 0.4) is 0 Å². The van der Waals surface area contributed by atoms with Gasteiger partial charge in [0.2, 0.25) is 5.91 Å². The molecular formula is C19H28N2O5. The number of carbonyl (C=O) groups is 2. The minimum atomic E-state index is -0.561. The van der Waals surface area contributed by atoms with E-state index in [-0.39, 0.29) is 17.7 Å². The molecule has 1 fully saturated rings. The van der Waals surface area contributed by atoms with Gasteiger partial charge in [0.15, 0.2) is 11.5 Å². The first-order chi connectivity index (χ1) is 12.5. The van der Waals surface area contributed by atoms with Crippen molar-refractivity contribution in [2.45, 2.75) is 26.3 Å². The molecule has 0 saturated carbocycles. The van der Waals surface area contributed by atoms with E-state index in [9.17, 15) is 9.59 Å². The molecule has 0 unspecified atom stereocenters. The number of methoxy groups -OCH3 is 2. The van der Waals surface area contributed by atoms with Crippen LogP contribution in [0.25, 0.3) is 0 Å². The first-order valence-electron chi connectivity index (χ1n) is 8.85. The number of rotatable bonds is 7. The lowest BCUT2D eigenvalue weighted by Gasteiger charge is -2.31. The molecule has 144 valence electrons. The lowest BCUT2D eigenvalue weighted by atomic mass is 10.0. The van der Waals surface area contributed by atoms with Crippen LogP contribution in [-0.4, -0.2) is 63.3 Å². The molecule has 0 aliphatic carbocycles. The van der Waals surface area contributed by atoms with E-state index in [1.54, 1.807) is 23.1 Å². The third kappa shape index (κ3) is 5.11. The zero-order chi connectivity index (χ0) is 19.1. The van der Waals surface area contributed by atoms with Gasteiger partial charge in [-0.25, -0.2) is 0 Å². The Kier molecular flexibility index (Phi) is 7.26. The molecule has 1 saturated heterocycles. The van der Waals surface area contributed by atoms with Gasteiger partial charge in [-0.1, -0.05) is 13.8 Å². The highest BCUT2D eigenvalue weighted by Crippen LogP contribution is 2.27. The van der Waals surface area contributed by atoms with Gasteiger partial charge in [-0.05, 0) is 30.5 Å². The van der Waals surface area contributed by atoms with Crippen molar-refractivity contribution < 1.29 is 23.8 Å². The van der Waals surface area contributed by atoms with Crippen molar-refractivity contribution in [3.8, 4) is 11.5 Å². The van der Waals surface area contributed by atoms with E-state index < -0.39 is 6.04 Å². The molecule has 1 aromatic carbocycles. The number of hydrogen-bond acceptors (Lipinski definition) is 5. The van der Waals surface area contributed by atoms with E-state index in [4.69, 9.17) is 14.2 Å². The molecule has 0 bridgehead atoms. The molecule has 1 atom stereocenters. The van der Waals surface area contributed by atoms with E-state index in [2.05, 4.69) is 5.32 Å². The Labute approximate surface area is 154 Å². The van der Waals surface area contributed by atoms with Gasteiger partial charge < -0.3 is 24.4 Å². The smallest absolute Gasteiger partial charge is 0.252 e. The average Bonchev–Trinajstić information content (AvgIpc) is 2.66. The molecule has 2 rings (SSSR count). The van der Waals surface area contributed by atoms with Crippen LogP contribution < -0.4 is 14.8 Å². The molecule has 1 aliphatic rings. The Balaban J connectivity index is 2.13. The molecule has 7 heteroatoms. The number of carbonyl (C=O) groups excluding carboxylic acids is 2. The predicted molar refractivity (Wildman–Crippen MR) is 97.7 cm³/mol. The summed E-state index contributed by atoms with van der Waals surface area (Å²) in [4.78, 5) is 27.3. The minimum absolute atomic E-state index is 0.0594. The molecular weight excluding hydrogens is 336 g/mol. The van der Waals surface area contributed by atoms with Gasteiger partial charge in [0.05, 0.1) is 27.4 Å². The summed E-state index contributed by atoms with van der Waals surface area (Å²) in [6.45, 7) is 6.23. The lowest BCUT2D eigenvalue weighted by molar-refractivity contribution is -0.137. The molecule has 2 amide bonds. The largest absolute Gasteiger partial charge is 0.493 e. The van der Waals surface area contributed by atoms with E-state index in [0.717, 1.165) is 0 Å². The Morgan fingerprint density at radius 3 is 2.38 bits per heavy atom. The van der Waals surface area contributed by atoms with Crippen LogP contribution in [0, 0.1) is 5.92 Å². The second kappa shape index (κ2) is 9.43. The summed E-state index contributed by atoms with van der Waals surface area (Å²) in [6, 6.07) is 4.38. The molecule has 1 aliphatic heterocycles. The Morgan fingerprint density at radius 2 is 1.81 bits per heavy atom. The highest BCUT2D eigenvalue weighted by atomic mass is 16.5. The van der Waals surface area contributed by atoms with Gasteiger partial charge in [-0.15, -0.1) is 0 Å². The molecule has 26 heavy (non-hydrogen) atoms. The van der Waals surface area contributed by atoms with E-state index in [1.807, 2.05) is 13.8 Å². The maximum atomic E-state index is 12.8. The number of amides is 2. The number of hydrogen-bond donors (Lipinski definition) is 1. The number of benzene rings is 1. The van der Waals surface area contributed by atoms with Gasteiger partial charge in [0, 0.05) is 18.7 Å². The highest BCUT2D eigenvalue weighted by Gasteiger charge is 2.28. The minimum Gasteiger partial charge on any atom is -0.493 e. The zero-order valence-electron chi connectivity index (χ0n) is 15.9. The third-order valence-corrected chi connectivity index (χ3v) is 4.28. The van der Waals surface area contributed by atoms with Crippen LogP contribution in [0.4, 0.5) is 0 Å². The molecule has 0 radical (unpaired) electrons. The summed E-state index contributed by atoms with van der Waals surface area (Å²) in [7, 11) is 3.06. The van der Waals surface area contributed by atoms with Gasteiger partial charge >= 0.3 is 0 Å². The van der Waals surface area contributed by atoms with Gasteiger partial charge in [0.1, 0.15) is 6.04 Å². The van der Waals surface area contributed by atoms with Crippen LogP contribution in [0.15, 0.2) is 18.2 Å². The predicted octanol–water partition coefficient (Wildman–Crippen LogP) is 1.71. The van der Waals surface area contributed by atoms with Crippen molar-refractivity contribution in [1.82, 2.24) is 10.2 Å². The summed E-state index contributed by atoms with van der Waals surface area (Å²) in [5.41, 5.74) is 0.422. The fourth-order valence-corrected chi connectivity index (χ4v) is 2.92. The van der Waals surface area contributed by atoms with Crippen LogP contribution in [-0.2, 0) is 9.53 Å². The number of ether oxygens (including phenoxy) is 3. The number of morpholine rings is 1. The summed E-state index contributed by atoms with van der Waals surface area (Å²) in [6.07, 6.45) is 0.579. The summed E-state index contributed by atoms with van der Waals surface area (Å²) >= 11 is 0. The van der Waals surface area contributed by atoms with Crippen molar-refractivity contribution in [2.75, 3.05) is 40.5 Å². The van der Waals surface area contributed by atoms with E-state index >= 15 is 0 Å². The second-order valence-corrected chi connectivity index (χ2v) is 6.66. The highest BCUT2D eigenvalue weighted by molar-refractivity contribution is 5.98. The quantitative estimate of drug-likeness (QED) is 0.797. The number of nitrogens with zero attached hydrogens (tertiary/aromatic N) is 1. The maximum absolute atomic E-state index is 12.8. The standard InChI is InChI=1S/C19H28N2O5/c1-13(2)11-15(19(23)21-7-9-26-10-8-21)20-18(22)14-5-6-16(24-3)17(12-14)25-4/h5-6,12-13,15H,7-11H2,1-4H3,(H,20,22)/t15-/m0/s1. The van der Waals surface area contributed by atoms with Crippen molar-refractivity contribution in [3.05, 3.63) is 23.8 Å². The third-order valence-electron chi connectivity index (χ3n) is 4.28. The first-order valence-corrected chi connectivity index (χ1v) is 8.85. The van der Waals surface area contributed by atoms with Crippen molar-refractivity contribution in [2.24, 2.45) is 5.92 Å². The summed E-state index contributed by atoms with van der Waals surface area (Å²) in [5.74, 6) is 0.928. The number of nitrogens with one attached hydrogen (secondary N) is 1. The Bertz CT molecular complexity index is 626. The average molecular weight is 364 g/mol. The first kappa shape index (κ1) is 20.0. The molecule has 1 heterocycles. The van der Waals surface area contributed by atoms with Gasteiger partial charge in [-0.3, -0.25) is 9.59 Å². The van der Waals surface area contributed by atoms with Crippen LogP contribution in [0.1, 0.15) is 30.6 Å². The Morgan fingerprint density at radius 1 is 1.15 bits per heavy atom. The SMILES string of the molecule is COc1ccc(C(=O)N[C@@H](CC(C)C)C(=O)N2CCOCC2)cc1OC. The lowest BCUT2D eigenvalue weighted by Crippen LogP contribution is -2.52. The maximum Gasteiger partial charge on any atom is 0.252 e. The normalized spacial score (nSPS) is 15.5. The van der Waals surface area contributed by atoms with Crippen LogP contribution >= 0.6 is 0 Å².